The van der Waals surface area contributed by atoms with Gasteiger partial charge in [-0.3, -0.25) is 19.7 Å². The Balaban J connectivity index is 1.93. The van der Waals surface area contributed by atoms with Crippen LogP contribution in [0.5, 0.6) is 0 Å². The van der Waals surface area contributed by atoms with E-state index in [9.17, 15) is 19.7 Å². The summed E-state index contributed by atoms with van der Waals surface area (Å²) in [6.45, 7) is 3.72. The van der Waals surface area contributed by atoms with Gasteiger partial charge in [0.1, 0.15) is 0 Å². The van der Waals surface area contributed by atoms with E-state index < -0.39 is 28.1 Å². The molecule has 7 nitrogen and oxygen atoms in total. The third-order valence-electron chi connectivity index (χ3n) is 3.99. The van der Waals surface area contributed by atoms with Crippen molar-refractivity contribution in [2.45, 2.75) is 20.4 Å². The van der Waals surface area contributed by atoms with Crippen molar-refractivity contribution >= 4 is 17.6 Å². The van der Waals surface area contributed by atoms with Crippen LogP contribution in [-0.2, 0) is 16.1 Å². The van der Waals surface area contributed by atoms with Gasteiger partial charge in [0.05, 0.1) is 16.8 Å². The lowest BCUT2D eigenvalue weighted by Crippen LogP contribution is -2.26. The number of nitro groups is 1. The summed E-state index contributed by atoms with van der Waals surface area (Å²) in [5.74, 6) is -2.45. The molecule has 1 fully saturated rings. The molecule has 0 heterocycles. The Hall–Kier alpha value is -2.44. The highest BCUT2D eigenvalue weighted by molar-refractivity contribution is 5.91. The zero-order valence-corrected chi connectivity index (χ0v) is 11.7. The first kappa shape index (κ1) is 15.0. The van der Waals surface area contributed by atoms with Crippen molar-refractivity contribution in [3.8, 4) is 0 Å². The number of aliphatic carboxylic acids is 1. The number of rotatable bonds is 5. The quantitative estimate of drug-likeness (QED) is 0.632. The molecule has 2 rings (SSSR count). The maximum absolute atomic E-state index is 12.0. The smallest absolute Gasteiger partial charge is 0.307 e. The highest BCUT2D eigenvalue weighted by Crippen LogP contribution is 2.58. The summed E-state index contributed by atoms with van der Waals surface area (Å²) in [4.78, 5) is 33.1. The number of nitrogens with one attached hydrogen (secondary N) is 1. The van der Waals surface area contributed by atoms with Gasteiger partial charge >= 0.3 is 5.97 Å². The Kier molecular flexibility index (Phi) is 3.67. The summed E-state index contributed by atoms with van der Waals surface area (Å²) in [6, 6.07) is 5.85. The van der Waals surface area contributed by atoms with E-state index >= 15 is 0 Å². The van der Waals surface area contributed by atoms with Crippen molar-refractivity contribution < 1.29 is 19.6 Å². The molecule has 0 spiro atoms. The van der Waals surface area contributed by atoms with Crippen LogP contribution in [0.2, 0.25) is 0 Å². The Morgan fingerprint density at radius 1 is 1.29 bits per heavy atom. The number of nitrogens with zero attached hydrogens (tertiary/aromatic N) is 1. The Bertz CT molecular complexity index is 594. The number of benzene rings is 1. The van der Waals surface area contributed by atoms with Crippen LogP contribution in [0.1, 0.15) is 19.4 Å². The number of carboxylic acids is 1. The SMILES string of the molecule is CC1(C)C(C(=O)O)C1C(=O)NCc1ccc([N+](=O)[O-])cc1. The van der Waals surface area contributed by atoms with Gasteiger partial charge in [-0.2, -0.15) is 0 Å². The topological polar surface area (TPSA) is 110 Å². The minimum atomic E-state index is -0.963. The monoisotopic (exact) mass is 292 g/mol. The number of amides is 1. The summed E-state index contributed by atoms with van der Waals surface area (Å²) in [7, 11) is 0. The van der Waals surface area contributed by atoms with E-state index in [4.69, 9.17) is 5.11 Å². The van der Waals surface area contributed by atoms with Crippen molar-refractivity contribution in [3.63, 3.8) is 0 Å². The fourth-order valence-corrected chi connectivity index (χ4v) is 2.62. The number of non-ortho nitro benzene ring substituents is 1. The predicted octanol–water partition coefficient (Wildman–Crippen LogP) is 1.57. The molecule has 1 aliphatic carbocycles. The van der Waals surface area contributed by atoms with Gasteiger partial charge in [-0.1, -0.05) is 26.0 Å². The predicted molar refractivity (Wildman–Crippen MR) is 73.3 cm³/mol. The molecule has 0 radical (unpaired) electrons. The third-order valence-corrected chi connectivity index (χ3v) is 3.99. The molecule has 0 bridgehead atoms. The van der Waals surface area contributed by atoms with Crippen molar-refractivity contribution in [2.24, 2.45) is 17.3 Å². The third kappa shape index (κ3) is 2.86. The average Bonchev–Trinajstić information content (AvgIpc) is 2.99. The number of carbonyl (C=O) groups is 2. The standard InChI is InChI=1S/C14H16N2O5/c1-14(2)10(11(14)13(18)19)12(17)15-7-8-3-5-9(6-4-8)16(20)21/h3-6,10-11H,7H2,1-2H3,(H,15,17)(H,18,19). The molecule has 0 saturated heterocycles. The number of carboxylic acid groups (broad SMARTS) is 1. The zero-order chi connectivity index (χ0) is 15.8. The summed E-state index contributed by atoms with van der Waals surface area (Å²) in [5, 5.41) is 22.2. The maximum atomic E-state index is 12.0. The average molecular weight is 292 g/mol. The Morgan fingerprint density at radius 2 is 1.86 bits per heavy atom. The Labute approximate surface area is 121 Å². The molecule has 2 N–H and O–H groups in total. The highest BCUT2D eigenvalue weighted by Gasteiger charge is 2.65. The van der Waals surface area contributed by atoms with Crippen LogP contribution in [0.4, 0.5) is 5.69 Å². The fraction of sp³-hybridized carbons (Fsp3) is 0.429. The van der Waals surface area contributed by atoms with Crippen molar-refractivity contribution in [1.29, 1.82) is 0 Å². The summed E-state index contributed by atoms with van der Waals surface area (Å²) >= 11 is 0. The molecule has 1 saturated carbocycles. The molecule has 1 aromatic carbocycles. The van der Waals surface area contributed by atoms with Gasteiger partial charge in [-0.05, 0) is 11.0 Å². The lowest BCUT2D eigenvalue weighted by atomic mass is 10.1. The number of carbonyl (C=O) groups excluding carboxylic acids is 1. The molecule has 21 heavy (non-hydrogen) atoms. The first-order valence-corrected chi connectivity index (χ1v) is 6.49. The van der Waals surface area contributed by atoms with Crippen LogP contribution in [0.25, 0.3) is 0 Å². The minimum Gasteiger partial charge on any atom is -0.481 e. The Morgan fingerprint density at radius 3 is 2.29 bits per heavy atom. The van der Waals surface area contributed by atoms with E-state index in [2.05, 4.69) is 5.32 Å². The largest absolute Gasteiger partial charge is 0.481 e. The van der Waals surface area contributed by atoms with E-state index in [1.165, 1.54) is 12.1 Å². The molecule has 2 atom stereocenters. The molecule has 0 aromatic heterocycles. The van der Waals surface area contributed by atoms with E-state index in [0.29, 0.717) is 0 Å². The van der Waals surface area contributed by atoms with Crippen LogP contribution < -0.4 is 5.32 Å². The summed E-state index contributed by atoms with van der Waals surface area (Å²) in [6.07, 6.45) is 0. The molecule has 7 heteroatoms. The van der Waals surface area contributed by atoms with Crippen LogP contribution >= 0.6 is 0 Å². The van der Waals surface area contributed by atoms with Crippen molar-refractivity contribution in [2.75, 3.05) is 0 Å². The van der Waals surface area contributed by atoms with Crippen molar-refractivity contribution in [1.82, 2.24) is 5.32 Å². The molecular weight excluding hydrogens is 276 g/mol. The highest BCUT2D eigenvalue weighted by atomic mass is 16.6. The van der Waals surface area contributed by atoms with Gasteiger partial charge in [0.15, 0.2) is 0 Å². The van der Waals surface area contributed by atoms with Gasteiger partial charge in [0, 0.05) is 18.7 Å². The van der Waals surface area contributed by atoms with Crippen LogP contribution in [0, 0.1) is 27.4 Å². The van der Waals surface area contributed by atoms with Crippen molar-refractivity contribution in [3.05, 3.63) is 39.9 Å². The maximum Gasteiger partial charge on any atom is 0.307 e. The number of nitro benzene ring substituents is 1. The number of hydrogen-bond acceptors (Lipinski definition) is 4. The van der Waals surface area contributed by atoms with Crippen LogP contribution in [-0.4, -0.2) is 21.9 Å². The zero-order valence-electron chi connectivity index (χ0n) is 11.7. The normalized spacial score (nSPS) is 22.4. The first-order valence-electron chi connectivity index (χ1n) is 6.49. The fourth-order valence-electron chi connectivity index (χ4n) is 2.62. The molecule has 1 aromatic rings. The van der Waals surface area contributed by atoms with Gasteiger partial charge in [-0.15, -0.1) is 0 Å². The summed E-state index contributed by atoms with van der Waals surface area (Å²) in [5.41, 5.74) is 0.171. The van der Waals surface area contributed by atoms with Gasteiger partial charge in [-0.25, -0.2) is 0 Å². The first-order chi connectivity index (χ1) is 9.75. The van der Waals surface area contributed by atoms with Gasteiger partial charge in [0.2, 0.25) is 5.91 Å². The molecule has 0 aliphatic heterocycles. The van der Waals surface area contributed by atoms with E-state index in [0.717, 1.165) is 5.56 Å². The molecule has 1 aliphatic rings. The van der Waals surface area contributed by atoms with E-state index in [1.54, 1.807) is 26.0 Å². The molecule has 2 unspecified atom stereocenters. The minimum absolute atomic E-state index is 0.0145. The van der Waals surface area contributed by atoms with Crippen LogP contribution in [0.15, 0.2) is 24.3 Å². The van der Waals surface area contributed by atoms with Crippen LogP contribution in [0.3, 0.4) is 0 Å². The number of hydrogen-bond donors (Lipinski definition) is 2. The molecule has 1 amide bonds. The second-order valence-corrected chi connectivity index (χ2v) is 5.76. The second-order valence-electron chi connectivity index (χ2n) is 5.76. The lowest BCUT2D eigenvalue weighted by molar-refractivity contribution is -0.384. The van der Waals surface area contributed by atoms with E-state index in [-0.39, 0.29) is 18.1 Å². The van der Waals surface area contributed by atoms with E-state index in [1.807, 2.05) is 0 Å². The van der Waals surface area contributed by atoms with Gasteiger partial charge < -0.3 is 10.4 Å². The molecule has 112 valence electrons. The second kappa shape index (κ2) is 5.16. The van der Waals surface area contributed by atoms with Gasteiger partial charge in [0.25, 0.3) is 5.69 Å². The summed E-state index contributed by atoms with van der Waals surface area (Å²) < 4.78 is 0. The lowest BCUT2D eigenvalue weighted by Gasteiger charge is -2.06. The molecular formula is C14H16N2O5.